The molecule has 0 unspecified atom stereocenters. The number of carboxylic acids is 1. The number of fused-ring (bicyclic) bond motifs is 1. The predicted molar refractivity (Wildman–Crippen MR) is 83.6 cm³/mol. The monoisotopic (exact) mass is 299 g/mol. The number of anilines is 2. The third-order valence-corrected chi connectivity index (χ3v) is 4.13. The van der Waals surface area contributed by atoms with Crippen LogP contribution in [0.1, 0.15) is 20.8 Å². The summed E-state index contributed by atoms with van der Waals surface area (Å²) >= 11 is 1.62. The van der Waals surface area contributed by atoms with Crippen LogP contribution in [0.15, 0.2) is 30.6 Å². The van der Waals surface area contributed by atoms with E-state index in [1.807, 2.05) is 13.0 Å². The van der Waals surface area contributed by atoms with Gasteiger partial charge in [0.2, 0.25) is 0 Å². The van der Waals surface area contributed by atoms with Crippen molar-refractivity contribution in [2.24, 2.45) is 0 Å². The van der Waals surface area contributed by atoms with Crippen molar-refractivity contribution in [2.75, 3.05) is 5.32 Å². The molecule has 6 heteroatoms. The lowest BCUT2D eigenvalue weighted by atomic mass is 10.1. The van der Waals surface area contributed by atoms with E-state index in [-0.39, 0.29) is 0 Å². The van der Waals surface area contributed by atoms with Gasteiger partial charge in [-0.1, -0.05) is 0 Å². The average molecular weight is 299 g/mol. The Kier molecular flexibility index (Phi) is 3.31. The van der Waals surface area contributed by atoms with Crippen LogP contribution < -0.4 is 5.32 Å². The minimum atomic E-state index is -0.920. The molecular formula is C15H13N3O2S. The molecular weight excluding hydrogens is 286 g/mol. The van der Waals surface area contributed by atoms with Gasteiger partial charge in [0.05, 0.1) is 10.9 Å². The van der Waals surface area contributed by atoms with Crippen molar-refractivity contribution in [3.8, 4) is 0 Å². The summed E-state index contributed by atoms with van der Waals surface area (Å²) in [5.41, 5.74) is 1.82. The maximum atomic E-state index is 11.0. The minimum absolute atomic E-state index is 0.305. The Balaban J connectivity index is 1.99. The van der Waals surface area contributed by atoms with Gasteiger partial charge in [0.1, 0.15) is 17.0 Å². The molecule has 0 spiro atoms. The maximum Gasteiger partial charge on any atom is 0.335 e. The second-order valence-electron chi connectivity index (χ2n) is 4.76. The van der Waals surface area contributed by atoms with Gasteiger partial charge in [-0.3, -0.25) is 0 Å². The van der Waals surface area contributed by atoms with Crippen molar-refractivity contribution in [1.29, 1.82) is 0 Å². The molecule has 0 bridgehead atoms. The molecule has 0 amide bonds. The molecule has 1 aromatic carbocycles. The van der Waals surface area contributed by atoms with Crippen molar-refractivity contribution < 1.29 is 9.90 Å². The van der Waals surface area contributed by atoms with E-state index in [9.17, 15) is 4.79 Å². The zero-order valence-electron chi connectivity index (χ0n) is 11.5. The minimum Gasteiger partial charge on any atom is -0.478 e. The van der Waals surface area contributed by atoms with Crippen LogP contribution in [0.5, 0.6) is 0 Å². The van der Waals surface area contributed by atoms with Gasteiger partial charge in [-0.05, 0) is 43.7 Å². The Bertz CT molecular complexity index is 842. The van der Waals surface area contributed by atoms with Gasteiger partial charge >= 0.3 is 5.97 Å². The first kappa shape index (κ1) is 13.5. The molecule has 106 valence electrons. The first-order valence-electron chi connectivity index (χ1n) is 6.36. The second-order valence-corrected chi connectivity index (χ2v) is 5.99. The zero-order valence-corrected chi connectivity index (χ0v) is 12.4. The lowest BCUT2D eigenvalue weighted by molar-refractivity contribution is 0.0696. The largest absolute Gasteiger partial charge is 0.478 e. The van der Waals surface area contributed by atoms with E-state index in [0.717, 1.165) is 21.7 Å². The lowest BCUT2D eigenvalue weighted by Crippen LogP contribution is -2.01. The van der Waals surface area contributed by atoms with Crippen molar-refractivity contribution >= 4 is 39.0 Å². The van der Waals surface area contributed by atoms with Crippen LogP contribution in [0, 0.1) is 13.8 Å². The van der Waals surface area contributed by atoms with E-state index in [1.54, 1.807) is 36.5 Å². The predicted octanol–water partition coefficient (Wildman–Crippen LogP) is 3.75. The van der Waals surface area contributed by atoms with Gasteiger partial charge in [-0.2, -0.15) is 0 Å². The number of carboxylic acid groups (broad SMARTS) is 1. The Morgan fingerprint density at radius 1 is 1.24 bits per heavy atom. The topological polar surface area (TPSA) is 75.1 Å². The number of benzene rings is 1. The third-order valence-electron chi connectivity index (χ3n) is 3.17. The number of thiophene rings is 1. The summed E-state index contributed by atoms with van der Waals surface area (Å²) in [6.45, 7) is 3.81. The third kappa shape index (κ3) is 2.57. The molecule has 0 aliphatic carbocycles. The number of aryl methyl sites for hydroxylation is 2. The zero-order chi connectivity index (χ0) is 15.0. The van der Waals surface area contributed by atoms with Gasteiger partial charge in [-0.25, -0.2) is 14.8 Å². The Hall–Kier alpha value is -2.47. The van der Waals surface area contributed by atoms with Crippen LogP contribution in [0.4, 0.5) is 11.5 Å². The summed E-state index contributed by atoms with van der Waals surface area (Å²) in [6.07, 6.45) is 1.53. The highest BCUT2D eigenvalue weighted by Gasteiger charge is 2.10. The summed E-state index contributed by atoms with van der Waals surface area (Å²) in [6, 6.07) is 7.18. The number of nitrogens with one attached hydrogen (secondary N) is 1. The standard InChI is InChI=1S/C15H13N3O2S/c1-8-5-10(3-4-11(8)15(19)20)18-13-12-6-9(2)21-14(12)17-7-16-13/h3-7H,1-2H3,(H,19,20)(H,16,17,18). The molecule has 0 fully saturated rings. The highest BCUT2D eigenvalue weighted by Crippen LogP contribution is 2.29. The SMILES string of the molecule is Cc1cc2c(Nc3ccc(C(=O)O)c(C)c3)ncnc2s1. The number of aromatic nitrogens is 2. The number of rotatable bonds is 3. The molecule has 0 radical (unpaired) electrons. The van der Waals surface area contributed by atoms with Gasteiger partial charge in [0, 0.05) is 10.6 Å². The molecule has 5 nitrogen and oxygen atoms in total. The van der Waals surface area contributed by atoms with Crippen LogP contribution in [0.3, 0.4) is 0 Å². The van der Waals surface area contributed by atoms with Crippen LogP contribution in [-0.4, -0.2) is 21.0 Å². The Morgan fingerprint density at radius 3 is 2.76 bits per heavy atom. The Labute approximate surface area is 125 Å². The number of hydrogen-bond acceptors (Lipinski definition) is 5. The molecule has 0 saturated carbocycles. The van der Waals surface area contributed by atoms with Gasteiger partial charge in [0.25, 0.3) is 0 Å². The molecule has 0 aliphatic heterocycles. The van der Waals surface area contributed by atoms with Crippen LogP contribution in [-0.2, 0) is 0 Å². The molecule has 2 heterocycles. The molecule has 3 rings (SSSR count). The number of carbonyl (C=O) groups is 1. The van der Waals surface area contributed by atoms with Gasteiger partial charge < -0.3 is 10.4 Å². The average Bonchev–Trinajstić information content (AvgIpc) is 2.80. The highest BCUT2D eigenvalue weighted by atomic mass is 32.1. The number of aromatic carboxylic acids is 1. The summed E-state index contributed by atoms with van der Waals surface area (Å²) in [4.78, 5) is 21.7. The summed E-state index contributed by atoms with van der Waals surface area (Å²) in [5, 5.41) is 13.3. The van der Waals surface area contributed by atoms with E-state index in [2.05, 4.69) is 15.3 Å². The molecule has 0 saturated heterocycles. The number of hydrogen-bond donors (Lipinski definition) is 2. The molecule has 3 aromatic rings. The van der Waals surface area contributed by atoms with E-state index < -0.39 is 5.97 Å². The first-order chi connectivity index (χ1) is 10.0. The lowest BCUT2D eigenvalue weighted by Gasteiger charge is -2.08. The van der Waals surface area contributed by atoms with Gasteiger partial charge in [-0.15, -0.1) is 11.3 Å². The van der Waals surface area contributed by atoms with Crippen molar-refractivity contribution in [1.82, 2.24) is 9.97 Å². The van der Waals surface area contributed by atoms with Crippen LogP contribution >= 0.6 is 11.3 Å². The van der Waals surface area contributed by atoms with Crippen LogP contribution in [0.25, 0.3) is 10.2 Å². The smallest absolute Gasteiger partial charge is 0.335 e. The molecule has 0 aliphatic rings. The summed E-state index contributed by atoms with van der Waals surface area (Å²) in [5.74, 6) is -0.191. The van der Waals surface area contributed by atoms with Crippen molar-refractivity contribution in [3.63, 3.8) is 0 Å². The fourth-order valence-electron chi connectivity index (χ4n) is 2.19. The van der Waals surface area contributed by atoms with Gasteiger partial charge in [0.15, 0.2) is 0 Å². The summed E-state index contributed by atoms with van der Waals surface area (Å²) < 4.78 is 0. The van der Waals surface area contributed by atoms with E-state index >= 15 is 0 Å². The second kappa shape index (κ2) is 5.14. The van der Waals surface area contributed by atoms with E-state index in [4.69, 9.17) is 5.11 Å². The molecule has 2 aromatic heterocycles. The van der Waals surface area contributed by atoms with E-state index in [0.29, 0.717) is 11.1 Å². The van der Waals surface area contributed by atoms with Crippen molar-refractivity contribution in [3.05, 3.63) is 46.6 Å². The number of nitrogens with zero attached hydrogens (tertiary/aromatic N) is 2. The quantitative estimate of drug-likeness (QED) is 0.770. The molecule has 21 heavy (non-hydrogen) atoms. The van der Waals surface area contributed by atoms with Crippen molar-refractivity contribution in [2.45, 2.75) is 13.8 Å². The fourth-order valence-corrected chi connectivity index (χ4v) is 3.04. The molecule has 0 atom stereocenters. The first-order valence-corrected chi connectivity index (χ1v) is 7.18. The fraction of sp³-hybridized carbons (Fsp3) is 0.133. The normalized spacial score (nSPS) is 10.8. The van der Waals surface area contributed by atoms with Crippen LogP contribution in [0.2, 0.25) is 0 Å². The van der Waals surface area contributed by atoms with E-state index in [1.165, 1.54) is 11.2 Å². The highest BCUT2D eigenvalue weighted by molar-refractivity contribution is 7.18. The Morgan fingerprint density at radius 2 is 2.05 bits per heavy atom. The molecule has 2 N–H and O–H groups in total. The summed E-state index contributed by atoms with van der Waals surface area (Å²) in [7, 11) is 0. The maximum absolute atomic E-state index is 11.0.